The van der Waals surface area contributed by atoms with E-state index in [0.717, 1.165) is 15.4 Å². The summed E-state index contributed by atoms with van der Waals surface area (Å²) in [4.78, 5) is 29.6. The molecule has 2 atom stereocenters. The van der Waals surface area contributed by atoms with Crippen LogP contribution in [-0.2, 0) is 32.6 Å². The Morgan fingerprint density at radius 2 is 1.50 bits per heavy atom. The number of amides is 2. The normalized spacial score (nSPS) is 12.6. The number of nitrogens with one attached hydrogen (secondary N) is 1. The molecule has 2 amide bonds. The molecule has 0 unspecified atom stereocenters. The van der Waals surface area contributed by atoms with Gasteiger partial charge in [0.05, 0.1) is 10.6 Å². The summed E-state index contributed by atoms with van der Waals surface area (Å²) in [5.41, 5.74) is 2.12. The highest BCUT2D eigenvalue weighted by Crippen LogP contribution is 2.26. The SMILES string of the molecule is CC[C@H](C)NC(=O)[C@H](Cc1ccccc1)N(Cc1ccccc1F)C(=O)CN(c1cccc(C)c1)S(=O)(=O)c1ccccc1. The van der Waals surface area contributed by atoms with Crippen LogP contribution < -0.4 is 9.62 Å². The number of hydrogen-bond acceptors (Lipinski definition) is 4. The first-order valence-corrected chi connectivity index (χ1v) is 16.1. The number of halogens is 1. The summed E-state index contributed by atoms with van der Waals surface area (Å²) in [6.45, 7) is 4.80. The standard InChI is InChI=1S/C35H38FN3O4S/c1-4-27(3)37-35(41)33(23-28-15-7-5-8-16-28)38(24-29-17-11-12-21-32(29)36)34(40)25-39(30-18-13-14-26(2)22-30)44(42,43)31-19-9-6-10-20-31/h5-22,27,33H,4,23-25H2,1-3H3,(H,37,41)/t27-,33-/m0/s1. The highest BCUT2D eigenvalue weighted by Gasteiger charge is 2.35. The molecule has 0 spiro atoms. The van der Waals surface area contributed by atoms with Gasteiger partial charge in [0.15, 0.2) is 0 Å². The molecule has 0 aliphatic carbocycles. The summed E-state index contributed by atoms with van der Waals surface area (Å²) in [6, 6.07) is 28.8. The molecule has 44 heavy (non-hydrogen) atoms. The van der Waals surface area contributed by atoms with Gasteiger partial charge in [0.25, 0.3) is 10.0 Å². The van der Waals surface area contributed by atoms with Gasteiger partial charge in [-0.2, -0.15) is 0 Å². The van der Waals surface area contributed by atoms with E-state index in [2.05, 4.69) is 5.32 Å². The van der Waals surface area contributed by atoms with Crippen LogP contribution in [0.4, 0.5) is 10.1 Å². The highest BCUT2D eigenvalue weighted by atomic mass is 32.2. The van der Waals surface area contributed by atoms with E-state index in [0.29, 0.717) is 12.1 Å². The van der Waals surface area contributed by atoms with Crippen LogP contribution in [0.2, 0.25) is 0 Å². The molecule has 0 heterocycles. The summed E-state index contributed by atoms with van der Waals surface area (Å²) in [6.07, 6.45) is 0.820. The Bertz CT molecular complexity index is 1670. The number of carbonyl (C=O) groups is 2. The minimum atomic E-state index is -4.20. The van der Waals surface area contributed by atoms with Gasteiger partial charge in [-0.15, -0.1) is 0 Å². The van der Waals surface area contributed by atoms with Crippen LogP contribution in [0.15, 0.2) is 114 Å². The Kier molecular flexibility index (Phi) is 10.9. The number of rotatable bonds is 13. The molecule has 0 saturated heterocycles. The molecule has 230 valence electrons. The summed E-state index contributed by atoms with van der Waals surface area (Å²) < 4.78 is 44.1. The van der Waals surface area contributed by atoms with Gasteiger partial charge in [0, 0.05) is 24.6 Å². The second kappa shape index (κ2) is 14.8. The smallest absolute Gasteiger partial charge is 0.264 e. The van der Waals surface area contributed by atoms with Gasteiger partial charge >= 0.3 is 0 Å². The number of benzene rings is 4. The van der Waals surface area contributed by atoms with Gasteiger partial charge in [-0.3, -0.25) is 13.9 Å². The number of sulfonamides is 1. The third kappa shape index (κ3) is 8.11. The van der Waals surface area contributed by atoms with E-state index in [4.69, 9.17) is 0 Å². The van der Waals surface area contributed by atoms with Crippen LogP contribution >= 0.6 is 0 Å². The predicted molar refractivity (Wildman–Crippen MR) is 171 cm³/mol. The molecule has 0 aromatic heterocycles. The largest absolute Gasteiger partial charge is 0.352 e. The van der Waals surface area contributed by atoms with Crippen LogP contribution in [-0.4, -0.2) is 43.8 Å². The minimum Gasteiger partial charge on any atom is -0.352 e. The molecule has 0 aliphatic rings. The second-order valence-corrected chi connectivity index (χ2v) is 12.7. The quantitative estimate of drug-likeness (QED) is 0.203. The van der Waals surface area contributed by atoms with Crippen LogP contribution in [0.1, 0.15) is 37.0 Å². The number of anilines is 1. The van der Waals surface area contributed by atoms with Crippen LogP contribution in [0.5, 0.6) is 0 Å². The topological polar surface area (TPSA) is 86.8 Å². The Balaban J connectivity index is 1.81. The first kappa shape index (κ1) is 32.4. The fraction of sp³-hybridized carbons (Fsp3) is 0.257. The van der Waals surface area contributed by atoms with Gasteiger partial charge in [0.2, 0.25) is 11.8 Å². The average molecular weight is 616 g/mol. The lowest BCUT2D eigenvalue weighted by Gasteiger charge is -2.34. The molecule has 0 aliphatic heterocycles. The molecule has 4 rings (SSSR count). The van der Waals surface area contributed by atoms with Crippen molar-refractivity contribution in [2.45, 2.75) is 57.1 Å². The number of hydrogen-bond donors (Lipinski definition) is 1. The van der Waals surface area contributed by atoms with Crippen molar-refractivity contribution >= 4 is 27.5 Å². The molecule has 0 fully saturated rings. The lowest BCUT2D eigenvalue weighted by atomic mass is 10.0. The van der Waals surface area contributed by atoms with E-state index in [1.165, 1.54) is 23.1 Å². The Labute approximate surface area is 259 Å². The number of carbonyl (C=O) groups excluding carboxylic acids is 2. The van der Waals surface area contributed by atoms with Crippen molar-refractivity contribution in [2.24, 2.45) is 0 Å². The van der Waals surface area contributed by atoms with Crippen molar-refractivity contribution in [2.75, 3.05) is 10.8 Å². The molecule has 0 saturated carbocycles. The predicted octanol–water partition coefficient (Wildman–Crippen LogP) is 5.88. The number of aryl methyl sites for hydroxylation is 1. The zero-order valence-corrected chi connectivity index (χ0v) is 26.0. The van der Waals surface area contributed by atoms with Gasteiger partial charge in [-0.1, -0.05) is 85.8 Å². The first-order chi connectivity index (χ1) is 21.1. The number of nitrogens with zero attached hydrogens (tertiary/aromatic N) is 2. The second-order valence-electron chi connectivity index (χ2n) is 10.8. The van der Waals surface area contributed by atoms with Crippen LogP contribution in [0.3, 0.4) is 0 Å². The molecule has 4 aromatic rings. The zero-order valence-electron chi connectivity index (χ0n) is 25.2. The van der Waals surface area contributed by atoms with Gasteiger partial charge < -0.3 is 10.2 Å². The molecule has 0 radical (unpaired) electrons. The van der Waals surface area contributed by atoms with Crippen LogP contribution in [0.25, 0.3) is 0 Å². The fourth-order valence-electron chi connectivity index (χ4n) is 4.84. The molecular weight excluding hydrogens is 577 g/mol. The average Bonchev–Trinajstić information content (AvgIpc) is 3.03. The van der Waals surface area contributed by atoms with Crippen molar-refractivity contribution < 1.29 is 22.4 Å². The van der Waals surface area contributed by atoms with E-state index in [1.54, 1.807) is 54.6 Å². The summed E-state index contributed by atoms with van der Waals surface area (Å²) in [7, 11) is -4.20. The minimum absolute atomic E-state index is 0.0188. The molecule has 4 aromatic carbocycles. The Morgan fingerprint density at radius 1 is 0.864 bits per heavy atom. The van der Waals surface area contributed by atoms with Gasteiger partial charge in [-0.05, 0) is 61.7 Å². The lowest BCUT2D eigenvalue weighted by molar-refractivity contribution is -0.140. The Hall–Kier alpha value is -4.50. The van der Waals surface area contributed by atoms with Crippen molar-refractivity contribution in [3.05, 3.63) is 132 Å². The molecule has 1 N–H and O–H groups in total. The highest BCUT2D eigenvalue weighted by molar-refractivity contribution is 7.92. The molecule has 0 bridgehead atoms. The monoisotopic (exact) mass is 615 g/mol. The zero-order chi connectivity index (χ0) is 31.7. The Morgan fingerprint density at radius 3 is 2.14 bits per heavy atom. The van der Waals surface area contributed by atoms with E-state index >= 15 is 4.39 Å². The first-order valence-electron chi connectivity index (χ1n) is 14.6. The maximum Gasteiger partial charge on any atom is 0.264 e. The van der Waals surface area contributed by atoms with Gasteiger partial charge in [-0.25, -0.2) is 12.8 Å². The van der Waals surface area contributed by atoms with E-state index in [1.807, 2.05) is 57.2 Å². The third-order valence-corrected chi connectivity index (χ3v) is 9.26. The van der Waals surface area contributed by atoms with E-state index < -0.39 is 40.2 Å². The van der Waals surface area contributed by atoms with Crippen molar-refractivity contribution in [1.82, 2.24) is 10.2 Å². The molecular formula is C35H38FN3O4S. The summed E-state index contributed by atoms with van der Waals surface area (Å²) in [5, 5.41) is 2.98. The van der Waals surface area contributed by atoms with Crippen LogP contribution in [0, 0.1) is 12.7 Å². The van der Waals surface area contributed by atoms with E-state index in [-0.39, 0.29) is 29.5 Å². The lowest BCUT2D eigenvalue weighted by Crippen LogP contribution is -2.54. The maximum absolute atomic E-state index is 15.0. The van der Waals surface area contributed by atoms with Crippen molar-refractivity contribution in [3.63, 3.8) is 0 Å². The fourth-order valence-corrected chi connectivity index (χ4v) is 6.26. The maximum atomic E-state index is 15.0. The summed E-state index contributed by atoms with van der Waals surface area (Å²) in [5.74, 6) is -1.58. The van der Waals surface area contributed by atoms with Crippen molar-refractivity contribution in [1.29, 1.82) is 0 Å². The molecule has 9 heteroatoms. The van der Waals surface area contributed by atoms with E-state index in [9.17, 15) is 18.0 Å². The van der Waals surface area contributed by atoms with Crippen molar-refractivity contribution in [3.8, 4) is 0 Å². The third-order valence-electron chi connectivity index (χ3n) is 7.47. The molecule has 7 nitrogen and oxygen atoms in total. The summed E-state index contributed by atoms with van der Waals surface area (Å²) >= 11 is 0. The van der Waals surface area contributed by atoms with Gasteiger partial charge in [0.1, 0.15) is 18.4 Å².